The van der Waals surface area contributed by atoms with E-state index in [9.17, 15) is 18.3 Å². The molecule has 0 spiro atoms. The molecule has 0 atom stereocenters. The molecular weight excluding hydrogens is 437 g/mol. The van der Waals surface area contributed by atoms with Gasteiger partial charge in [0.05, 0.1) is 0 Å². The van der Waals surface area contributed by atoms with E-state index in [4.69, 9.17) is 13.0 Å². The van der Waals surface area contributed by atoms with Crippen LogP contribution in [0.15, 0.2) is 35.2 Å². The first-order valence-corrected chi connectivity index (χ1v) is 12.1. The van der Waals surface area contributed by atoms with Crippen molar-refractivity contribution in [2.45, 2.75) is 74.8 Å². The van der Waals surface area contributed by atoms with Gasteiger partial charge in [-0.3, -0.25) is 0 Å². The number of hydrogen-bond donors (Lipinski definition) is 1. The third-order valence-electron chi connectivity index (χ3n) is 4.34. The molecule has 0 bridgehead atoms. The molecule has 0 unspecified atom stereocenters. The minimum atomic E-state index is -6.09. The highest BCUT2D eigenvalue weighted by atomic mass is 32.2. The van der Waals surface area contributed by atoms with Crippen molar-refractivity contribution in [1.82, 2.24) is 0 Å². The number of fused-ring (bicyclic) bond motifs is 1. The SMILES string of the molecule is CC(C)[S+](c1ccc(C(C)(C)C)c2c(O)cccc12)C(C)C.O=S(=O)([O-])C(F)(F)F. The van der Waals surface area contributed by atoms with E-state index in [1.807, 2.05) is 12.1 Å². The summed E-state index contributed by atoms with van der Waals surface area (Å²) in [6.45, 7) is 15.8. The van der Waals surface area contributed by atoms with Crippen LogP contribution in [0.3, 0.4) is 0 Å². The van der Waals surface area contributed by atoms with Crippen molar-refractivity contribution in [2.24, 2.45) is 0 Å². The first kappa shape index (κ1) is 26.6. The Morgan fingerprint density at radius 2 is 1.43 bits per heavy atom. The zero-order valence-corrected chi connectivity index (χ0v) is 19.8. The van der Waals surface area contributed by atoms with Gasteiger partial charge in [-0.05, 0) is 56.9 Å². The van der Waals surface area contributed by atoms with E-state index in [0.717, 1.165) is 5.39 Å². The lowest BCUT2D eigenvalue weighted by Gasteiger charge is -2.24. The van der Waals surface area contributed by atoms with Crippen LogP contribution in [0.2, 0.25) is 0 Å². The molecule has 2 aromatic rings. The van der Waals surface area contributed by atoms with Crippen LogP contribution in [0.25, 0.3) is 10.8 Å². The lowest BCUT2D eigenvalue weighted by atomic mass is 9.83. The van der Waals surface area contributed by atoms with E-state index in [1.165, 1.54) is 15.8 Å². The van der Waals surface area contributed by atoms with Gasteiger partial charge in [-0.15, -0.1) is 0 Å². The van der Waals surface area contributed by atoms with Crippen LogP contribution in [0.1, 0.15) is 54.0 Å². The van der Waals surface area contributed by atoms with Crippen LogP contribution >= 0.6 is 0 Å². The molecule has 0 aliphatic carbocycles. The Balaban J connectivity index is 0.000000479. The van der Waals surface area contributed by atoms with Crippen molar-refractivity contribution >= 4 is 31.8 Å². The van der Waals surface area contributed by atoms with E-state index >= 15 is 0 Å². The van der Waals surface area contributed by atoms with Gasteiger partial charge in [0, 0.05) is 21.7 Å². The number of halogens is 3. The highest BCUT2D eigenvalue weighted by Crippen LogP contribution is 2.40. The fourth-order valence-electron chi connectivity index (χ4n) is 3.24. The number of phenolic OH excluding ortho intramolecular Hbond substituents is 1. The molecule has 0 fully saturated rings. The van der Waals surface area contributed by atoms with Crippen molar-refractivity contribution < 1.29 is 31.2 Å². The van der Waals surface area contributed by atoms with Gasteiger partial charge in [0.25, 0.3) is 0 Å². The second-order valence-electron chi connectivity index (χ2n) is 8.43. The van der Waals surface area contributed by atoms with E-state index < -0.39 is 15.6 Å². The van der Waals surface area contributed by atoms with Crippen LogP contribution in [-0.4, -0.2) is 34.1 Å². The third kappa shape index (κ3) is 6.28. The molecule has 0 aliphatic rings. The molecule has 4 nitrogen and oxygen atoms in total. The number of benzene rings is 2. The number of aromatic hydroxyl groups is 1. The van der Waals surface area contributed by atoms with Crippen LogP contribution in [0.5, 0.6) is 5.75 Å². The van der Waals surface area contributed by atoms with Crippen LogP contribution in [0.4, 0.5) is 13.2 Å². The normalized spacial score (nSPS) is 13.1. The zero-order valence-electron chi connectivity index (χ0n) is 18.2. The van der Waals surface area contributed by atoms with Crippen LogP contribution in [0, 0.1) is 0 Å². The summed E-state index contributed by atoms with van der Waals surface area (Å²) in [4.78, 5) is 1.39. The molecule has 0 radical (unpaired) electrons. The van der Waals surface area contributed by atoms with Crippen molar-refractivity contribution in [3.8, 4) is 5.75 Å². The van der Waals surface area contributed by atoms with Crippen molar-refractivity contribution in [3.63, 3.8) is 0 Å². The highest BCUT2D eigenvalue weighted by Gasteiger charge is 2.37. The number of phenols is 1. The molecule has 2 aromatic carbocycles. The van der Waals surface area contributed by atoms with Gasteiger partial charge in [-0.2, -0.15) is 13.2 Å². The topological polar surface area (TPSA) is 77.4 Å². The maximum Gasteiger partial charge on any atom is 0.485 e. The van der Waals surface area contributed by atoms with E-state index in [0.29, 0.717) is 16.2 Å². The van der Waals surface area contributed by atoms with Crippen molar-refractivity contribution in [3.05, 3.63) is 35.9 Å². The van der Waals surface area contributed by atoms with Gasteiger partial charge in [-0.25, -0.2) is 8.42 Å². The minimum Gasteiger partial charge on any atom is -0.741 e. The Morgan fingerprint density at radius 1 is 0.967 bits per heavy atom. The van der Waals surface area contributed by atoms with Gasteiger partial charge in [0.15, 0.2) is 15.0 Å². The summed E-state index contributed by atoms with van der Waals surface area (Å²) in [5.74, 6) is 0.403. The van der Waals surface area contributed by atoms with Crippen molar-refractivity contribution in [2.75, 3.05) is 0 Å². The number of alkyl halides is 3. The quantitative estimate of drug-likeness (QED) is 0.358. The van der Waals surface area contributed by atoms with Gasteiger partial charge in [0.2, 0.25) is 0 Å². The largest absolute Gasteiger partial charge is 0.741 e. The Bertz CT molecular complexity index is 968. The molecule has 1 N–H and O–H groups in total. The molecule has 2 rings (SSSR count). The second kappa shape index (κ2) is 9.36. The first-order valence-electron chi connectivity index (χ1n) is 9.38. The summed E-state index contributed by atoms with van der Waals surface area (Å²) in [5.41, 5.74) is -4.41. The summed E-state index contributed by atoms with van der Waals surface area (Å²) in [5, 5.41) is 14.0. The maximum absolute atomic E-state index is 10.7. The Labute approximate surface area is 179 Å². The number of hydrogen-bond acceptors (Lipinski definition) is 4. The maximum atomic E-state index is 10.7. The zero-order chi connectivity index (χ0) is 23.7. The summed E-state index contributed by atoms with van der Waals surface area (Å²) in [7, 11) is -5.91. The van der Waals surface area contributed by atoms with Gasteiger partial charge < -0.3 is 9.66 Å². The molecule has 30 heavy (non-hydrogen) atoms. The average molecular weight is 467 g/mol. The fraction of sp³-hybridized carbons (Fsp3) is 0.524. The molecule has 170 valence electrons. The Hall–Kier alpha value is -1.45. The van der Waals surface area contributed by atoms with Gasteiger partial charge in [0.1, 0.15) is 16.2 Å². The monoisotopic (exact) mass is 466 g/mol. The van der Waals surface area contributed by atoms with Crippen LogP contribution in [-0.2, 0) is 26.4 Å². The van der Waals surface area contributed by atoms with Gasteiger partial charge in [-0.1, -0.05) is 32.9 Å². The van der Waals surface area contributed by atoms with Gasteiger partial charge >= 0.3 is 5.51 Å². The van der Waals surface area contributed by atoms with E-state index in [1.54, 1.807) is 0 Å². The standard InChI is InChI=1S/C20H28OS.CHF3O3S/c1-13(2)22(14(3)4)18-12-11-16(20(5,6)7)19-15(18)9-8-10-17(19)21;2-1(3,4)8(5,6)7/h8-14H,1-7H3;(H,5,6,7). The molecule has 0 amide bonds. The molecule has 0 heterocycles. The fourth-order valence-corrected chi connectivity index (χ4v) is 6.00. The Morgan fingerprint density at radius 3 is 1.80 bits per heavy atom. The summed E-state index contributed by atoms with van der Waals surface area (Å²) in [6.07, 6.45) is 0. The lowest BCUT2D eigenvalue weighted by molar-refractivity contribution is -0.0517. The minimum absolute atomic E-state index is 0.0177. The molecule has 9 heteroatoms. The first-order chi connectivity index (χ1) is 13.4. The summed E-state index contributed by atoms with van der Waals surface area (Å²) in [6, 6.07) is 10.5. The molecule has 0 saturated heterocycles. The lowest BCUT2D eigenvalue weighted by Crippen LogP contribution is -2.25. The van der Waals surface area contributed by atoms with E-state index in [-0.39, 0.29) is 16.3 Å². The molecule has 0 aromatic heterocycles. The highest BCUT2D eigenvalue weighted by molar-refractivity contribution is 7.98. The molecule has 0 saturated carbocycles. The predicted molar refractivity (Wildman–Crippen MR) is 116 cm³/mol. The van der Waals surface area contributed by atoms with Crippen LogP contribution < -0.4 is 0 Å². The molecular formula is C21H29F3O4S2. The smallest absolute Gasteiger partial charge is 0.485 e. The average Bonchev–Trinajstić information content (AvgIpc) is 2.52. The molecule has 0 aliphatic heterocycles. The van der Waals surface area contributed by atoms with Crippen molar-refractivity contribution in [1.29, 1.82) is 0 Å². The Kier molecular flexibility index (Phi) is 8.29. The number of rotatable bonds is 3. The summed E-state index contributed by atoms with van der Waals surface area (Å²) < 4.78 is 58.9. The third-order valence-corrected chi connectivity index (χ3v) is 7.80. The second-order valence-corrected chi connectivity index (χ2v) is 12.9. The predicted octanol–water partition coefficient (Wildman–Crippen LogP) is 5.69. The van der Waals surface area contributed by atoms with E-state index in [2.05, 4.69) is 66.7 Å². The summed E-state index contributed by atoms with van der Waals surface area (Å²) >= 11 is 0.